The Morgan fingerprint density at radius 3 is 2.36 bits per heavy atom. The zero-order valence-electron chi connectivity index (χ0n) is 11.5. The van der Waals surface area contributed by atoms with Crippen LogP contribution >= 0.6 is 0 Å². The predicted octanol–water partition coefficient (Wildman–Crippen LogP) is 2.85. The van der Waals surface area contributed by atoms with E-state index in [1.165, 1.54) is 0 Å². The van der Waals surface area contributed by atoms with Gasteiger partial charge in [-0.25, -0.2) is 4.39 Å². The first-order valence-electron chi connectivity index (χ1n) is 6.37. The first kappa shape index (κ1) is 17.2. The number of hydrogen-bond acceptors (Lipinski definition) is 4. The maximum Gasteiger partial charge on any atom is 0.416 e. The second-order valence-corrected chi connectivity index (χ2v) is 6.68. The van der Waals surface area contributed by atoms with E-state index in [4.69, 9.17) is 4.74 Å². The molecule has 0 spiro atoms. The van der Waals surface area contributed by atoms with Gasteiger partial charge in [-0.15, -0.1) is 0 Å². The van der Waals surface area contributed by atoms with Gasteiger partial charge in [-0.05, 0) is 17.7 Å². The molecule has 0 unspecified atom stereocenters. The van der Waals surface area contributed by atoms with E-state index in [0.717, 1.165) is 30.5 Å². The van der Waals surface area contributed by atoms with E-state index in [2.05, 4.69) is 4.18 Å². The summed E-state index contributed by atoms with van der Waals surface area (Å²) in [7, 11) is -3.66. The Morgan fingerprint density at radius 2 is 1.86 bits per heavy atom. The fourth-order valence-corrected chi connectivity index (χ4v) is 2.58. The summed E-state index contributed by atoms with van der Waals surface area (Å²) in [6.45, 7) is -0.323. The SMILES string of the molecule is CS(=O)(=O)OC[C@@H]1C[C@@H](F)[C@H](c2ccc(C(F)(F)F)cc2)O1. The van der Waals surface area contributed by atoms with E-state index in [1.54, 1.807) is 0 Å². The molecule has 0 N–H and O–H groups in total. The van der Waals surface area contributed by atoms with Crippen LogP contribution in [-0.2, 0) is 25.2 Å². The number of alkyl halides is 4. The molecule has 1 aromatic rings. The second kappa shape index (κ2) is 6.13. The zero-order chi connectivity index (χ0) is 16.5. The van der Waals surface area contributed by atoms with Gasteiger partial charge < -0.3 is 4.74 Å². The Kier molecular flexibility index (Phi) is 4.78. The predicted molar refractivity (Wildman–Crippen MR) is 69.4 cm³/mol. The third kappa shape index (κ3) is 4.40. The number of benzene rings is 1. The average Bonchev–Trinajstić information content (AvgIpc) is 2.76. The van der Waals surface area contributed by atoms with Gasteiger partial charge in [-0.3, -0.25) is 4.18 Å². The third-order valence-electron chi connectivity index (χ3n) is 3.19. The molecule has 0 saturated carbocycles. The van der Waals surface area contributed by atoms with E-state index >= 15 is 0 Å². The van der Waals surface area contributed by atoms with Crippen LogP contribution in [0.1, 0.15) is 23.7 Å². The minimum absolute atomic E-state index is 0.0821. The molecule has 1 aliphatic heterocycles. The first-order chi connectivity index (χ1) is 10.1. The molecule has 4 nitrogen and oxygen atoms in total. The maximum absolute atomic E-state index is 13.9. The molecule has 0 amide bonds. The van der Waals surface area contributed by atoms with Gasteiger partial charge in [-0.2, -0.15) is 21.6 Å². The Bertz CT molecular complexity index is 612. The van der Waals surface area contributed by atoms with E-state index in [9.17, 15) is 26.0 Å². The molecule has 0 aliphatic carbocycles. The number of ether oxygens (including phenoxy) is 1. The molecule has 9 heteroatoms. The number of rotatable bonds is 4. The highest BCUT2D eigenvalue weighted by atomic mass is 32.2. The smallest absolute Gasteiger partial charge is 0.365 e. The van der Waals surface area contributed by atoms with Crippen molar-refractivity contribution < 1.29 is 34.9 Å². The van der Waals surface area contributed by atoms with E-state index in [1.807, 2.05) is 0 Å². The van der Waals surface area contributed by atoms with Gasteiger partial charge in [0.15, 0.2) is 0 Å². The monoisotopic (exact) mass is 342 g/mol. The standard InChI is InChI=1S/C13H14F4O4S/c1-22(18,19)20-7-10-6-11(14)12(21-10)8-2-4-9(5-3-8)13(15,16)17/h2-5,10-12H,6-7H2,1H3/t10-,11+,12-/m0/s1. The fraction of sp³-hybridized carbons (Fsp3) is 0.538. The summed E-state index contributed by atoms with van der Waals surface area (Å²) in [6, 6.07) is 4.01. The summed E-state index contributed by atoms with van der Waals surface area (Å²) >= 11 is 0. The van der Waals surface area contributed by atoms with Crippen molar-refractivity contribution in [2.45, 2.75) is 31.0 Å². The summed E-state index contributed by atoms with van der Waals surface area (Å²) in [6.07, 6.45) is -6.92. The lowest BCUT2D eigenvalue weighted by Gasteiger charge is -2.15. The van der Waals surface area contributed by atoms with Crippen molar-refractivity contribution in [3.63, 3.8) is 0 Å². The van der Waals surface area contributed by atoms with Crippen LogP contribution in [0.2, 0.25) is 0 Å². The van der Waals surface area contributed by atoms with Crippen LogP contribution in [0.25, 0.3) is 0 Å². The average molecular weight is 342 g/mol. The van der Waals surface area contributed by atoms with Gasteiger partial charge in [0.1, 0.15) is 12.3 Å². The molecule has 1 saturated heterocycles. The van der Waals surface area contributed by atoms with E-state index in [-0.39, 0.29) is 18.6 Å². The Hall–Kier alpha value is -1.19. The van der Waals surface area contributed by atoms with Crippen molar-refractivity contribution >= 4 is 10.1 Å². The van der Waals surface area contributed by atoms with Crippen molar-refractivity contribution in [1.82, 2.24) is 0 Å². The second-order valence-electron chi connectivity index (χ2n) is 5.04. The lowest BCUT2D eigenvalue weighted by Crippen LogP contribution is -2.17. The summed E-state index contributed by atoms with van der Waals surface area (Å²) in [5, 5.41) is 0. The molecule has 1 heterocycles. The quantitative estimate of drug-likeness (QED) is 0.624. The summed E-state index contributed by atoms with van der Waals surface area (Å²) in [5.74, 6) is 0. The van der Waals surface area contributed by atoms with Gasteiger partial charge >= 0.3 is 6.18 Å². The molecule has 0 aromatic heterocycles. The summed E-state index contributed by atoms with van der Waals surface area (Å²) in [4.78, 5) is 0. The molecule has 2 rings (SSSR count). The Balaban J connectivity index is 2.04. The van der Waals surface area contributed by atoms with Crippen LogP contribution in [-0.4, -0.2) is 33.6 Å². The van der Waals surface area contributed by atoms with Gasteiger partial charge in [0.25, 0.3) is 10.1 Å². The van der Waals surface area contributed by atoms with Crippen LogP contribution < -0.4 is 0 Å². The van der Waals surface area contributed by atoms with Gasteiger partial charge in [-0.1, -0.05) is 12.1 Å². The van der Waals surface area contributed by atoms with E-state index in [0.29, 0.717) is 0 Å². The Morgan fingerprint density at radius 1 is 1.27 bits per heavy atom. The normalized spacial score (nSPS) is 26.3. The maximum atomic E-state index is 13.9. The molecule has 0 bridgehead atoms. The van der Waals surface area contributed by atoms with Crippen LogP contribution in [0.5, 0.6) is 0 Å². The van der Waals surface area contributed by atoms with Gasteiger partial charge in [0, 0.05) is 6.42 Å². The van der Waals surface area contributed by atoms with Crippen molar-refractivity contribution in [3.8, 4) is 0 Å². The van der Waals surface area contributed by atoms with E-state index < -0.39 is 40.2 Å². The fourth-order valence-electron chi connectivity index (χ4n) is 2.18. The lowest BCUT2D eigenvalue weighted by molar-refractivity contribution is -0.137. The molecule has 22 heavy (non-hydrogen) atoms. The Labute approximate surface area is 125 Å². The van der Waals surface area contributed by atoms with Crippen LogP contribution in [0, 0.1) is 0 Å². The number of halogens is 4. The zero-order valence-corrected chi connectivity index (χ0v) is 12.3. The topological polar surface area (TPSA) is 52.6 Å². The molecule has 3 atom stereocenters. The van der Waals surface area contributed by atoms with Crippen LogP contribution in [0.15, 0.2) is 24.3 Å². The minimum atomic E-state index is -4.46. The summed E-state index contributed by atoms with van der Waals surface area (Å²) in [5.41, 5.74) is -0.566. The van der Waals surface area contributed by atoms with Crippen molar-refractivity contribution in [3.05, 3.63) is 35.4 Å². The minimum Gasteiger partial charge on any atom is -0.365 e. The molecule has 1 fully saturated rings. The first-order valence-corrected chi connectivity index (χ1v) is 8.19. The molecular weight excluding hydrogens is 328 g/mol. The summed E-state index contributed by atoms with van der Waals surface area (Å²) < 4.78 is 83.0. The molecular formula is C13H14F4O4S. The van der Waals surface area contributed by atoms with Crippen molar-refractivity contribution in [2.75, 3.05) is 12.9 Å². The van der Waals surface area contributed by atoms with Crippen LogP contribution in [0.4, 0.5) is 17.6 Å². The molecule has 1 aliphatic rings. The highest BCUT2D eigenvalue weighted by molar-refractivity contribution is 7.85. The highest BCUT2D eigenvalue weighted by Crippen LogP contribution is 2.37. The molecule has 0 radical (unpaired) electrons. The molecule has 124 valence electrons. The van der Waals surface area contributed by atoms with Crippen LogP contribution in [0.3, 0.4) is 0 Å². The highest BCUT2D eigenvalue weighted by Gasteiger charge is 2.37. The number of hydrogen-bond donors (Lipinski definition) is 0. The van der Waals surface area contributed by atoms with Gasteiger partial charge in [0.2, 0.25) is 0 Å². The van der Waals surface area contributed by atoms with Gasteiger partial charge in [0.05, 0.1) is 24.5 Å². The van der Waals surface area contributed by atoms with Crippen molar-refractivity contribution in [2.24, 2.45) is 0 Å². The molecule has 1 aromatic carbocycles. The van der Waals surface area contributed by atoms with Crippen molar-refractivity contribution in [1.29, 1.82) is 0 Å². The lowest BCUT2D eigenvalue weighted by atomic mass is 10.0. The largest absolute Gasteiger partial charge is 0.416 e. The third-order valence-corrected chi connectivity index (χ3v) is 3.75.